The zero-order valence-electron chi connectivity index (χ0n) is 11.7. The van der Waals surface area contributed by atoms with Crippen LogP contribution < -0.4 is 15.4 Å². The van der Waals surface area contributed by atoms with Gasteiger partial charge in [0, 0.05) is 11.6 Å². The van der Waals surface area contributed by atoms with E-state index in [1.807, 2.05) is 0 Å². The highest BCUT2D eigenvalue weighted by Gasteiger charge is 2.29. The third-order valence-corrected chi connectivity index (χ3v) is 3.77. The van der Waals surface area contributed by atoms with Crippen molar-refractivity contribution < 1.29 is 22.7 Å². The molecule has 1 amide bonds. The van der Waals surface area contributed by atoms with Crippen molar-refractivity contribution in [2.75, 3.05) is 12.4 Å². The molecule has 0 fully saturated rings. The van der Waals surface area contributed by atoms with E-state index >= 15 is 0 Å². The van der Waals surface area contributed by atoms with Gasteiger partial charge < -0.3 is 15.4 Å². The lowest BCUT2D eigenvalue weighted by Gasteiger charge is -2.28. The molecule has 4 nitrogen and oxygen atoms in total. The lowest BCUT2D eigenvalue weighted by molar-refractivity contribution is 0.0934. The van der Waals surface area contributed by atoms with E-state index in [1.165, 1.54) is 19.2 Å². The SMILES string of the molecule is COc1c(Cl)ccc(C2NC(=O)c3cc(F)c(F)cc3N2)c1F. The number of fused-ring (bicyclic) bond motifs is 1. The molecule has 120 valence electrons. The van der Waals surface area contributed by atoms with Gasteiger partial charge in [-0.15, -0.1) is 0 Å². The first-order chi connectivity index (χ1) is 10.9. The summed E-state index contributed by atoms with van der Waals surface area (Å²) in [6, 6.07) is 4.40. The zero-order chi connectivity index (χ0) is 16.7. The van der Waals surface area contributed by atoms with Crippen molar-refractivity contribution in [2.24, 2.45) is 0 Å². The number of amides is 1. The summed E-state index contributed by atoms with van der Waals surface area (Å²) in [5.41, 5.74) is 0.0439. The molecule has 1 heterocycles. The van der Waals surface area contributed by atoms with Gasteiger partial charge in [-0.2, -0.15) is 0 Å². The Kier molecular flexibility index (Phi) is 3.81. The molecule has 23 heavy (non-hydrogen) atoms. The molecular formula is C15H10ClF3N2O2. The van der Waals surface area contributed by atoms with Crippen LogP contribution in [0.1, 0.15) is 22.1 Å². The monoisotopic (exact) mass is 342 g/mol. The number of nitrogens with one attached hydrogen (secondary N) is 2. The van der Waals surface area contributed by atoms with E-state index in [9.17, 15) is 18.0 Å². The molecule has 1 aliphatic heterocycles. The van der Waals surface area contributed by atoms with Gasteiger partial charge in [0.1, 0.15) is 6.17 Å². The Bertz CT molecular complexity index is 814. The first kappa shape index (κ1) is 15.5. The number of hydrogen-bond donors (Lipinski definition) is 2. The predicted octanol–water partition coefficient (Wildman–Crippen LogP) is 3.62. The average Bonchev–Trinajstić information content (AvgIpc) is 2.50. The Labute approximate surface area is 134 Å². The summed E-state index contributed by atoms with van der Waals surface area (Å²) in [7, 11) is 1.26. The third-order valence-electron chi connectivity index (χ3n) is 3.47. The molecule has 3 rings (SSSR count). The number of carbonyl (C=O) groups excluding carboxylic acids is 1. The topological polar surface area (TPSA) is 50.4 Å². The Hall–Kier alpha value is -2.41. The average molecular weight is 343 g/mol. The van der Waals surface area contributed by atoms with Gasteiger partial charge in [0.05, 0.1) is 23.4 Å². The van der Waals surface area contributed by atoms with Crippen LogP contribution in [0, 0.1) is 17.5 Å². The van der Waals surface area contributed by atoms with Gasteiger partial charge in [-0.05, 0) is 12.1 Å². The molecule has 0 radical (unpaired) electrons. The van der Waals surface area contributed by atoms with E-state index < -0.39 is 29.5 Å². The molecule has 0 aromatic heterocycles. The van der Waals surface area contributed by atoms with Gasteiger partial charge in [-0.3, -0.25) is 4.79 Å². The second kappa shape index (κ2) is 5.66. The summed E-state index contributed by atoms with van der Waals surface area (Å²) in [6.07, 6.45) is -0.981. The predicted molar refractivity (Wildman–Crippen MR) is 78.1 cm³/mol. The van der Waals surface area contributed by atoms with E-state index in [0.29, 0.717) is 0 Å². The third kappa shape index (κ3) is 2.57. The quantitative estimate of drug-likeness (QED) is 0.876. The van der Waals surface area contributed by atoms with Crippen LogP contribution in [0.2, 0.25) is 5.02 Å². The number of methoxy groups -OCH3 is 1. The number of ether oxygens (including phenoxy) is 1. The maximum Gasteiger partial charge on any atom is 0.255 e. The van der Waals surface area contributed by atoms with Crippen LogP contribution in [0.4, 0.5) is 18.9 Å². The number of anilines is 1. The number of halogens is 4. The van der Waals surface area contributed by atoms with Gasteiger partial charge in [0.25, 0.3) is 5.91 Å². The minimum atomic E-state index is -1.14. The molecular weight excluding hydrogens is 333 g/mol. The first-order valence-corrected chi connectivity index (χ1v) is 6.88. The number of carbonyl (C=O) groups is 1. The summed E-state index contributed by atoms with van der Waals surface area (Å²) in [5, 5.41) is 5.29. The highest BCUT2D eigenvalue weighted by molar-refractivity contribution is 6.32. The van der Waals surface area contributed by atoms with E-state index in [2.05, 4.69) is 10.6 Å². The largest absolute Gasteiger partial charge is 0.492 e. The maximum atomic E-state index is 14.4. The Morgan fingerprint density at radius 1 is 1.13 bits per heavy atom. The molecule has 1 atom stereocenters. The van der Waals surface area contributed by atoms with Crippen molar-refractivity contribution in [2.45, 2.75) is 6.17 Å². The van der Waals surface area contributed by atoms with Crippen LogP contribution in [-0.2, 0) is 0 Å². The summed E-state index contributed by atoms with van der Waals surface area (Å²) in [5.74, 6) is -3.84. The van der Waals surface area contributed by atoms with Crippen LogP contribution in [0.25, 0.3) is 0 Å². The lowest BCUT2D eigenvalue weighted by atomic mass is 10.0. The fourth-order valence-corrected chi connectivity index (χ4v) is 2.59. The van der Waals surface area contributed by atoms with Gasteiger partial charge in [0.2, 0.25) is 0 Å². The first-order valence-electron chi connectivity index (χ1n) is 6.50. The van der Waals surface area contributed by atoms with Crippen molar-refractivity contribution in [3.05, 3.63) is 57.9 Å². The molecule has 0 bridgehead atoms. The number of benzene rings is 2. The number of rotatable bonds is 2. The lowest BCUT2D eigenvalue weighted by Crippen LogP contribution is -2.39. The van der Waals surface area contributed by atoms with Crippen molar-refractivity contribution in [1.29, 1.82) is 0 Å². The van der Waals surface area contributed by atoms with E-state index in [4.69, 9.17) is 16.3 Å². The summed E-state index contributed by atoms with van der Waals surface area (Å²) in [6.45, 7) is 0. The fourth-order valence-electron chi connectivity index (χ4n) is 2.37. The van der Waals surface area contributed by atoms with Crippen molar-refractivity contribution in [3.8, 4) is 5.75 Å². The van der Waals surface area contributed by atoms with Crippen molar-refractivity contribution in [3.63, 3.8) is 0 Å². The normalized spacial score (nSPS) is 16.4. The summed E-state index contributed by atoms with van der Waals surface area (Å²) in [4.78, 5) is 12.0. The second-order valence-electron chi connectivity index (χ2n) is 4.85. The maximum absolute atomic E-state index is 14.4. The minimum Gasteiger partial charge on any atom is -0.492 e. The highest BCUT2D eigenvalue weighted by Crippen LogP contribution is 2.35. The van der Waals surface area contributed by atoms with Crippen LogP contribution in [0.3, 0.4) is 0 Å². The Morgan fingerprint density at radius 3 is 2.52 bits per heavy atom. The van der Waals surface area contributed by atoms with Gasteiger partial charge >= 0.3 is 0 Å². The molecule has 0 saturated heterocycles. The standard InChI is InChI=1S/C15H10ClF3N2O2/c1-23-13-8(16)3-2-6(12(13)19)14-20-11-5-10(18)9(17)4-7(11)15(22)21-14/h2-5,14,20H,1H3,(H,21,22). The van der Waals surface area contributed by atoms with Crippen LogP contribution >= 0.6 is 11.6 Å². The Morgan fingerprint density at radius 2 is 1.83 bits per heavy atom. The van der Waals surface area contributed by atoms with Gasteiger partial charge in [-0.25, -0.2) is 13.2 Å². The van der Waals surface area contributed by atoms with Gasteiger partial charge in [0.15, 0.2) is 23.2 Å². The Balaban J connectivity index is 2.04. The smallest absolute Gasteiger partial charge is 0.255 e. The highest BCUT2D eigenvalue weighted by atomic mass is 35.5. The second-order valence-corrected chi connectivity index (χ2v) is 5.25. The molecule has 0 aliphatic carbocycles. The molecule has 0 saturated carbocycles. The molecule has 1 aliphatic rings. The van der Waals surface area contributed by atoms with Crippen LogP contribution in [-0.4, -0.2) is 13.0 Å². The summed E-state index contributed by atoms with van der Waals surface area (Å²) >= 11 is 5.82. The van der Waals surface area contributed by atoms with E-state index in [1.54, 1.807) is 0 Å². The minimum absolute atomic E-state index is 0.0509. The van der Waals surface area contributed by atoms with Crippen molar-refractivity contribution in [1.82, 2.24) is 5.32 Å². The van der Waals surface area contributed by atoms with E-state index in [-0.39, 0.29) is 27.6 Å². The zero-order valence-corrected chi connectivity index (χ0v) is 12.5. The molecule has 8 heteroatoms. The van der Waals surface area contributed by atoms with Crippen LogP contribution in [0.15, 0.2) is 24.3 Å². The summed E-state index contributed by atoms with van der Waals surface area (Å²) < 4.78 is 45.9. The molecule has 2 aromatic rings. The van der Waals surface area contributed by atoms with Crippen LogP contribution in [0.5, 0.6) is 5.75 Å². The fraction of sp³-hybridized carbons (Fsp3) is 0.133. The molecule has 1 unspecified atom stereocenters. The molecule has 2 N–H and O–H groups in total. The number of hydrogen-bond acceptors (Lipinski definition) is 3. The van der Waals surface area contributed by atoms with Crippen molar-refractivity contribution >= 4 is 23.2 Å². The molecule has 0 spiro atoms. The van der Waals surface area contributed by atoms with E-state index in [0.717, 1.165) is 12.1 Å². The van der Waals surface area contributed by atoms with Gasteiger partial charge in [-0.1, -0.05) is 17.7 Å². The molecule has 2 aromatic carbocycles.